The first-order valence-corrected chi connectivity index (χ1v) is 7.01. The van der Waals surface area contributed by atoms with Gasteiger partial charge in [0.05, 0.1) is 12.6 Å². The first-order valence-electron chi connectivity index (χ1n) is 7.01. The lowest BCUT2D eigenvalue weighted by atomic mass is 10.1. The molecule has 2 aromatic rings. The SMILES string of the molecule is CC1OCCC1NCc1nc(Cc2ccccc2)no1. The molecular formula is C15H19N3O2. The van der Waals surface area contributed by atoms with Crippen molar-refractivity contribution in [3.63, 3.8) is 0 Å². The highest BCUT2D eigenvalue weighted by atomic mass is 16.5. The lowest BCUT2D eigenvalue weighted by Gasteiger charge is -2.13. The molecule has 2 heterocycles. The van der Waals surface area contributed by atoms with Crippen LogP contribution in [0.1, 0.15) is 30.6 Å². The number of ether oxygens (including phenoxy) is 1. The van der Waals surface area contributed by atoms with Gasteiger partial charge < -0.3 is 14.6 Å². The zero-order chi connectivity index (χ0) is 13.8. The molecule has 0 aliphatic carbocycles. The maximum Gasteiger partial charge on any atom is 0.240 e. The molecule has 20 heavy (non-hydrogen) atoms. The van der Waals surface area contributed by atoms with E-state index in [1.807, 2.05) is 18.2 Å². The van der Waals surface area contributed by atoms with E-state index in [-0.39, 0.29) is 6.10 Å². The number of nitrogens with one attached hydrogen (secondary N) is 1. The van der Waals surface area contributed by atoms with E-state index in [1.165, 1.54) is 5.56 Å². The summed E-state index contributed by atoms with van der Waals surface area (Å²) in [5.41, 5.74) is 1.19. The Labute approximate surface area is 118 Å². The van der Waals surface area contributed by atoms with Gasteiger partial charge in [0.1, 0.15) is 0 Å². The van der Waals surface area contributed by atoms with Gasteiger partial charge in [-0.25, -0.2) is 0 Å². The van der Waals surface area contributed by atoms with Gasteiger partial charge in [0.2, 0.25) is 5.89 Å². The Morgan fingerprint density at radius 3 is 2.90 bits per heavy atom. The third-order valence-electron chi connectivity index (χ3n) is 3.61. The van der Waals surface area contributed by atoms with Crippen LogP contribution in [0.2, 0.25) is 0 Å². The third kappa shape index (κ3) is 3.23. The van der Waals surface area contributed by atoms with Crippen LogP contribution in [0.25, 0.3) is 0 Å². The average molecular weight is 273 g/mol. The largest absolute Gasteiger partial charge is 0.377 e. The van der Waals surface area contributed by atoms with Crippen LogP contribution >= 0.6 is 0 Å². The topological polar surface area (TPSA) is 60.2 Å². The monoisotopic (exact) mass is 273 g/mol. The number of nitrogens with zero attached hydrogens (tertiary/aromatic N) is 2. The van der Waals surface area contributed by atoms with Crippen molar-refractivity contribution in [2.75, 3.05) is 6.61 Å². The number of hydrogen-bond acceptors (Lipinski definition) is 5. The highest BCUT2D eigenvalue weighted by Crippen LogP contribution is 2.13. The summed E-state index contributed by atoms with van der Waals surface area (Å²) in [5.74, 6) is 1.36. The number of hydrogen-bond donors (Lipinski definition) is 1. The van der Waals surface area contributed by atoms with Gasteiger partial charge in [-0.05, 0) is 18.9 Å². The Morgan fingerprint density at radius 1 is 1.30 bits per heavy atom. The van der Waals surface area contributed by atoms with Crippen LogP contribution in [-0.2, 0) is 17.7 Å². The van der Waals surface area contributed by atoms with Crippen molar-refractivity contribution in [1.29, 1.82) is 0 Å². The van der Waals surface area contributed by atoms with E-state index in [4.69, 9.17) is 9.26 Å². The quantitative estimate of drug-likeness (QED) is 0.902. The second kappa shape index (κ2) is 6.15. The van der Waals surface area contributed by atoms with E-state index in [2.05, 4.69) is 34.5 Å². The highest BCUT2D eigenvalue weighted by molar-refractivity contribution is 5.18. The molecule has 0 amide bonds. The average Bonchev–Trinajstić information content (AvgIpc) is 3.07. The summed E-state index contributed by atoms with van der Waals surface area (Å²) in [6.07, 6.45) is 1.99. The smallest absolute Gasteiger partial charge is 0.240 e. The van der Waals surface area contributed by atoms with Crippen molar-refractivity contribution in [2.45, 2.75) is 38.5 Å². The fourth-order valence-electron chi connectivity index (χ4n) is 2.43. The van der Waals surface area contributed by atoms with Gasteiger partial charge in [0.25, 0.3) is 0 Å². The number of rotatable bonds is 5. The van der Waals surface area contributed by atoms with Crippen molar-refractivity contribution in [1.82, 2.24) is 15.5 Å². The van der Waals surface area contributed by atoms with Gasteiger partial charge in [-0.1, -0.05) is 35.5 Å². The van der Waals surface area contributed by atoms with Gasteiger partial charge in [-0.3, -0.25) is 0 Å². The molecule has 0 bridgehead atoms. The molecule has 5 heteroatoms. The molecule has 5 nitrogen and oxygen atoms in total. The van der Waals surface area contributed by atoms with E-state index >= 15 is 0 Å². The van der Waals surface area contributed by atoms with E-state index in [9.17, 15) is 0 Å². The molecule has 1 fully saturated rings. The molecule has 106 valence electrons. The van der Waals surface area contributed by atoms with Crippen LogP contribution in [0.5, 0.6) is 0 Å². The van der Waals surface area contributed by atoms with Crippen molar-refractivity contribution in [3.05, 3.63) is 47.6 Å². The van der Waals surface area contributed by atoms with Crippen molar-refractivity contribution >= 4 is 0 Å². The zero-order valence-corrected chi connectivity index (χ0v) is 11.6. The summed E-state index contributed by atoms with van der Waals surface area (Å²) in [7, 11) is 0. The molecule has 0 spiro atoms. The summed E-state index contributed by atoms with van der Waals surface area (Å²) in [6, 6.07) is 10.5. The first-order chi connectivity index (χ1) is 9.81. The molecule has 1 aliphatic heterocycles. The fourth-order valence-corrected chi connectivity index (χ4v) is 2.43. The fraction of sp³-hybridized carbons (Fsp3) is 0.467. The Hall–Kier alpha value is -1.72. The zero-order valence-electron chi connectivity index (χ0n) is 11.6. The molecule has 1 N–H and O–H groups in total. The molecule has 1 aliphatic rings. The number of benzene rings is 1. The van der Waals surface area contributed by atoms with Gasteiger partial charge in [0.15, 0.2) is 5.82 Å². The van der Waals surface area contributed by atoms with E-state index in [0.29, 0.717) is 24.9 Å². The summed E-state index contributed by atoms with van der Waals surface area (Å²) in [4.78, 5) is 4.41. The first kappa shape index (κ1) is 13.3. The van der Waals surface area contributed by atoms with Crippen LogP contribution < -0.4 is 5.32 Å². The standard InChI is InChI=1S/C15H19N3O2/c1-11-13(7-8-19-11)16-10-15-17-14(18-20-15)9-12-5-3-2-4-6-12/h2-6,11,13,16H,7-10H2,1H3. The van der Waals surface area contributed by atoms with E-state index in [0.717, 1.165) is 18.9 Å². The minimum absolute atomic E-state index is 0.252. The molecule has 0 radical (unpaired) electrons. The maximum absolute atomic E-state index is 5.51. The van der Waals surface area contributed by atoms with Crippen LogP contribution in [0.15, 0.2) is 34.9 Å². The van der Waals surface area contributed by atoms with Crippen molar-refractivity contribution in [2.24, 2.45) is 0 Å². The molecule has 2 atom stereocenters. The van der Waals surface area contributed by atoms with Gasteiger partial charge in [0, 0.05) is 19.1 Å². The Balaban J connectivity index is 1.54. The summed E-state index contributed by atoms with van der Waals surface area (Å²) in [6.45, 7) is 3.50. The second-order valence-corrected chi connectivity index (χ2v) is 5.12. The van der Waals surface area contributed by atoms with Crippen LogP contribution in [0.3, 0.4) is 0 Å². The molecule has 3 rings (SSSR count). The minimum Gasteiger partial charge on any atom is -0.377 e. The van der Waals surface area contributed by atoms with E-state index < -0.39 is 0 Å². The van der Waals surface area contributed by atoms with Crippen LogP contribution in [0.4, 0.5) is 0 Å². The lowest BCUT2D eigenvalue weighted by Crippen LogP contribution is -2.34. The minimum atomic E-state index is 0.252. The number of aromatic nitrogens is 2. The molecule has 1 aromatic carbocycles. The summed E-state index contributed by atoms with van der Waals surface area (Å²) in [5, 5.41) is 7.42. The van der Waals surface area contributed by atoms with Crippen molar-refractivity contribution < 1.29 is 9.26 Å². The summed E-state index contributed by atoms with van der Waals surface area (Å²) < 4.78 is 10.8. The highest BCUT2D eigenvalue weighted by Gasteiger charge is 2.24. The van der Waals surface area contributed by atoms with E-state index in [1.54, 1.807) is 0 Å². The predicted octanol–water partition coefficient (Wildman–Crippen LogP) is 1.93. The predicted molar refractivity (Wildman–Crippen MR) is 74.2 cm³/mol. The maximum atomic E-state index is 5.51. The normalized spacial score (nSPS) is 22.2. The Morgan fingerprint density at radius 2 is 2.15 bits per heavy atom. The Kier molecular flexibility index (Phi) is 4.08. The second-order valence-electron chi connectivity index (χ2n) is 5.12. The lowest BCUT2D eigenvalue weighted by molar-refractivity contribution is 0.112. The molecular weight excluding hydrogens is 254 g/mol. The third-order valence-corrected chi connectivity index (χ3v) is 3.61. The van der Waals surface area contributed by atoms with Crippen molar-refractivity contribution in [3.8, 4) is 0 Å². The van der Waals surface area contributed by atoms with Crippen LogP contribution in [-0.4, -0.2) is 28.9 Å². The summed E-state index contributed by atoms with van der Waals surface area (Å²) >= 11 is 0. The van der Waals surface area contributed by atoms with Gasteiger partial charge >= 0.3 is 0 Å². The Bertz CT molecular complexity index is 541. The molecule has 1 aromatic heterocycles. The van der Waals surface area contributed by atoms with Gasteiger partial charge in [-0.15, -0.1) is 0 Å². The molecule has 1 saturated heterocycles. The molecule has 0 saturated carbocycles. The van der Waals surface area contributed by atoms with Crippen LogP contribution in [0, 0.1) is 0 Å². The molecule has 2 unspecified atom stereocenters. The van der Waals surface area contributed by atoms with Gasteiger partial charge in [-0.2, -0.15) is 4.98 Å².